The van der Waals surface area contributed by atoms with Gasteiger partial charge in [-0.05, 0) is 28.4 Å². The molecule has 0 aliphatic rings. The summed E-state index contributed by atoms with van der Waals surface area (Å²) in [7, 11) is 0. The number of rotatable bonds is 3. The zero-order valence-corrected chi connectivity index (χ0v) is 8.84. The molecule has 0 bridgehead atoms. The van der Waals surface area contributed by atoms with Crippen LogP contribution in [0.5, 0.6) is 0 Å². The van der Waals surface area contributed by atoms with Crippen molar-refractivity contribution in [3.63, 3.8) is 0 Å². The largest absolute Gasteiger partial charge is 0.478 e. The molecule has 0 unspecified atom stereocenters. The van der Waals surface area contributed by atoms with Crippen LogP contribution in [0.1, 0.15) is 29.4 Å². The van der Waals surface area contributed by atoms with Gasteiger partial charge in [-0.1, -0.05) is 13.3 Å². The van der Waals surface area contributed by atoms with Crippen molar-refractivity contribution < 1.29 is 9.90 Å². The molecule has 0 amide bonds. The third-order valence-corrected chi connectivity index (χ3v) is 2.09. The number of aromatic carboxylic acids is 1. The van der Waals surface area contributed by atoms with E-state index in [9.17, 15) is 4.79 Å². The number of aryl methyl sites for hydroxylation is 1. The number of hydrogen-bond donors (Lipinski definition) is 1. The molecule has 1 N–H and O–H groups in total. The van der Waals surface area contributed by atoms with Crippen LogP contribution in [0, 0.1) is 0 Å². The minimum Gasteiger partial charge on any atom is -0.478 e. The number of nitrogens with zero attached hydrogens (tertiary/aromatic N) is 1. The lowest BCUT2D eigenvalue weighted by Crippen LogP contribution is -2.04. The van der Waals surface area contributed by atoms with Crippen LogP contribution in [0.2, 0.25) is 0 Å². The minimum absolute atomic E-state index is 0.288. The molecule has 0 aliphatic heterocycles. The van der Waals surface area contributed by atoms with Crippen LogP contribution < -0.4 is 0 Å². The maximum absolute atomic E-state index is 10.8. The zero-order chi connectivity index (χ0) is 9.84. The van der Waals surface area contributed by atoms with Gasteiger partial charge in [0.1, 0.15) is 0 Å². The Morgan fingerprint density at radius 2 is 2.38 bits per heavy atom. The minimum atomic E-state index is -0.919. The normalized spacial score (nSPS) is 10.0. The lowest BCUT2D eigenvalue weighted by Gasteiger charge is -2.03. The van der Waals surface area contributed by atoms with Crippen molar-refractivity contribution in [1.82, 2.24) is 4.98 Å². The van der Waals surface area contributed by atoms with Gasteiger partial charge >= 0.3 is 5.97 Å². The molecule has 70 valence electrons. The lowest BCUT2D eigenvalue weighted by atomic mass is 10.1. The third-order valence-electron chi connectivity index (χ3n) is 1.65. The van der Waals surface area contributed by atoms with E-state index in [4.69, 9.17) is 5.11 Å². The molecule has 1 heterocycles. The average molecular weight is 244 g/mol. The van der Waals surface area contributed by atoms with Crippen molar-refractivity contribution in [1.29, 1.82) is 0 Å². The molecule has 0 aromatic carbocycles. The Bertz CT molecular complexity index is 325. The molecule has 4 heteroatoms. The summed E-state index contributed by atoms with van der Waals surface area (Å²) >= 11 is 3.19. The third kappa shape index (κ3) is 2.52. The Balaban J connectivity index is 3.10. The fourth-order valence-corrected chi connectivity index (χ4v) is 1.42. The lowest BCUT2D eigenvalue weighted by molar-refractivity contribution is 0.0695. The Labute approximate surface area is 84.9 Å². The van der Waals surface area contributed by atoms with Gasteiger partial charge in [0.05, 0.1) is 11.3 Å². The average Bonchev–Trinajstić information content (AvgIpc) is 2.08. The van der Waals surface area contributed by atoms with Gasteiger partial charge in [0.15, 0.2) is 0 Å². The summed E-state index contributed by atoms with van der Waals surface area (Å²) in [4.78, 5) is 14.8. The summed E-state index contributed by atoms with van der Waals surface area (Å²) in [6.45, 7) is 2.00. The van der Waals surface area contributed by atoms with Crippen LogP contribution in [0.15, 0.2) is 16.7 Å². The number of halogens is 1. The van der Waals surface area contributed by atoms with E-state index in [0.717, 1.165) is 6.42 Å². The standard InChI is InChI=1S/C9H10BrNO2/c1-2-3-8-7(9(12)13)4-6(10)5-11-8/h4-5H,2-3H2,1H3,(H,12,13). The van der Waals surface area contributed by atoms with Gasteiger partial charge in [0.2, 0.25) is 0 Å². The second-order valence-electron chi connectivity index (χ2n) is 2.70. The van der Waals surface area contributed by atoms with Crippen LogP contribution in [0.4, 0.5) is 0 Å². The number of carboxylic acids is 1. The predicted molar refractivity (Wildman–Crippen MR) is 52.9 cm³/mol. The van der Waals surface area contributed by atoms with Crippen molar-refractivity contribution in [3.8, 4) is 0 Å². The van der Waals surface area contributed by atoms with Gasteiger partial charge in [-0.3, -0.25) is 4.98 Å². The number of hydrogen-bond acceptors (Lipinski definition) is 2. The Morgan fingerprint density at radius 1 is 1.69 bits per heavy atom. The van der Waals surface area contributed by atoms with E-state index in [0.29, 0.717) is 16.6 Å². The van der Waals surface area contributed by atoms with Gasteiger partial charge < -0.3 is 5.11 Å². The van der Waals surface area contributed by atoms with E-state index in [2.05, 4.69) is 20.9 Å². The van der Waals surface area contributed by atoms with E-state index >= 15 is 0 Å². The summed E-state index contributed by atoms with van der Waals surface area (Å²) in [5.74, 6) is -0.919. The number of carbonyl (C=O) groups is 1. The molecule has 0 fully saturated rings. The summed E-state index contributed by atoms with van der Waals surface area (Å²) in [5, 5.41) is 8.86. The smallest absolute Gasteiger partial charge is 0.337 e. The monoisotopic (exact) mass is 243 g/mol. The van der Waals surface area contributed by atoms with Crippen molar-refractivity contribution >= 4 is 21.9 Å². The van der Waals surface area contributed by atoms with E-state index in [1.54, 1.807) is 12.3 Å². The molecular weight excluding hydrogens is 234 g/mol. The van der Waals surface area contributed by atoms with Crippen LogP contribution in [0.3, 0.4) is 0 Å². The molecular formula is C9H10BrNO2. The molecule has 0 spiro atoms. The zero-order valence-electron chi connectivity index (χ0n) is 7.25. The van der Waals surface area contributed by atoms with Crippen molar-refractivity contribution in [2.75, 3.05) is 0 Å². The van der Waals surface area contributed by atoms with Crippen LogP contribution in [-0.2, 0) is 6.42 Å². The summed E-state index contributed by atoms with van der Waals surface area (Å²) < 4.78 is 0.699. The van der Waals surface area contributed by atoms with E-state index in [1.807, 2.05) is 6.92 Å². The predicted octanol–water partition coefficient (Wildman–Crippen LogP) is 2.49. The molecule has 0 radical (unpaired) electrons. The topological polar surface area (TPSA) is 50.2 Å². The molecule has 1 aromatic heterocycles. The SMILES string of the molecule is CCCc1ncc(Br)cc1C(=O)O. The first-order valence-electron chi connectivity index (χ1n) is 4.03. The highest BCUT2D eigenvalue weighted by Gasteiger charge is 2.10. The second kappa shape index (κ2) is 4.37. The van der Waals surface area contributed by atoms with Gasteiger partial charge in [0.25, 0.3) is 0 Å². The molecule has 13 heavy (non-hydrogen) atoms. The van der Waals surface area contributed by atoms with E-state index in [1.165, 1.54) is 0 Å². The molecule has 1 aromatic rings. The highest BCUT2D eigenvalue weighted by atomic mass is 79.9. The maximum Gasteiger partial charge on any atom is 0.337 e. The molecule has 0 atom stereocenters. The van der Waals surface area contributed by atoms with Gasteiger partial charge in [0, 0.05) is 10.7 Å². The number of carboxylic acid groups (broad SMARTS) is 1. The second-order valence-corrected chi connectivity index (χ2v) is 3.62. The number of pyridine rings is 1. The molecule has 1 rings (SSSR count). The summed E-state index contributed by atoms with van der Waals surface area (Å²) in [6, 6.07) is 1.58. The van der Waals surface area contributed by atoms with Gasteiger partial charge in [-0.2, -0.15) is 0 Å². The first-order chi connectivity index (χ1) is 6.15. The quantitative estimate of drug-likeness (QED) is 0.888. The maximum atomic E-state index is 10.8. The van der Waals surface area contributed by atoms with Crippen molar-refractivity contribution in [2.24, 2.45) is 0 Å². The molecule has 0 saturated heterocycles. The first-order valence-corrected chi connectivity index (χ1v) is 4.82. The van der Waals surface area contributed by atoms with Crippen LogP contribution >= 0.6 is 15.9 Å². The highest BCUT2D eigenvalue weighted by Crippen LogP contribution is 2.15. The van der Waals surface area contributed by atoms with Crippen LogP contribution in [-0.4, -0.2) is 16.1 Å². The first kappa shape index (κ1) is 10.2. The Kier molecular flexibility index (Phi) is 3.42. The molecule has 0 saturated carbocycles. The van der Waals surface area contributed by atoms with Crippen molar-refractivity contribution in [3.05, 3.63) is 28.0 Å². The molecule has 0 aliphatic carbocycles. The summed E-state index contributed by atoms with van der Waals surface area (Å²) in [5.41, 5.74) is 0.939. The Hall–Kier alpha value is -0.900. The van der Waals surface area contributed by atoms with Gasteiger partial charge in [-0.25, -0.2) is 4.79 Å². The fourth-order valence-electron chi connectivity index (χ4n) is 1.09. The van der Waals surface area contributed by atoms with Crippen LogP contribution in [0.25, 0.3) is 0 Å². The number of aromatic nitrogens is 1. The molecule has 3 nitrogen and oxygen atoms in total. The van der Waals surface area contributed by atoms with Gasteiger partial charge in [-0.15, -0.1) is 0 Å². The summed E-state index contributed by atoms with van der Waals surface area (Å²) in [6.07, 6.45) is 3.22. The highest BCUT2D eigenvalue weighted by molar-refractivity contribution is 9.10. The fraction of sp³-hybridized carbons (Fsp3) is 0.333. The van der Waals surface area contributed by atoms with E-state index < -0.39 is 5.97 Å². The Morgan fingerprint density at radius 3 is 2.92 bits per heavy atom. The van der Waals surface area contributed by atoms with E-state index in [-0.39, 0.29) is 5.56 Å². The van der Waals surface area contributed by atoms with Crippen molar-refractivity contribution in [2.45, 2.75) is 19.8 Å².